The molecule has 0 spiro atoms. The van der Waals surface area contributed by atoms with Crippen LogP contribution in [0.15, 0.2) is 42.0 Å². The van der Waals surface area contributed by atoms with Gasteiger partial charge in [-0.3, -0.25) is 9.69 Å². The van der Waals surface area contributed by atoms with Gasteiger partial charge in [-0.1, -0.05) is 37.6 Å². The maximum absolute atomic E-state index is 14.6. The summed E-state index contributed by atoms with van der Waals surface area (Å²) in [6, 6.07) is 12.0. The number of benzene rings is 2. The van der Waals surface area contributed by atoms with Crippen LogP contribution in [0.4, 0.5) is 4.39 Å². The summed E-state index contributed by atoms with van der Waals surface area (Å²) in [4.78, 5) is 18.5. The van der Waals surface area contributed by atoms with Crippen LogP contribution in [0, 0.1) is 18.7 Å². The van der Waals surface area contributed by atoms with Gasteiger partial charge in [0.25, 0.3) is 5.91 Å². The second-order valence-electron chi connectivity index (χ2n) is 12.3. The van der Waals surface area contributed by atoms with E-state index >= 15 is 0 Å². The molecule has 2 aliphatic rings. The quantitative estimate of drug-likeness (QED) is 0.326. The van der Waals surface area contributed by atoms with Crippen molar-refractivity contribution in [1.82, 2.24) is 15.1 Å². The average molecular weight is 566 g/mol. The van der Waals surface area contributed by atoms with Crippen LogP contribution >= 0.6 is 0 Å². The number of nitrogens with zero attached hydrogens (tertiary/aromatic N) is 2. The van der Waals surface area contributed by atoms with Gasteiger partial charge in [0.05, 0.1) is 14.2 Å². The minimum atomic E-state index is -0.245. The molecule has 0 aromatic heterocycles. The number of likely N-dealkylation sites (tertiary alicyclic amines) is 1. The van der Waals surface area contributed by atoms with Gasteiger partial charge in [-0.25, -0.2) is 4.39 Å². The lowest BCUT2D eigenvalue weighted by Gasteiger charge is -2.33. The van der Waals surface area contributed by atoms with E-state index in [1.165, 1.54) is 19.3 Å². The Kier molecular flexibility index (Phi) is 10.8. The van der Waals surface area contributed by atoms with Crippen molar-refractivity contribution in [2.24, 2.45) is 5.92 Å². The van der Waals surface area contributed by atoms with Crippen LogP contribution < -0.4 is 14.8 Å². The highest BCUT2D eigenvalue weighted by atomic mass is 19.1. The van der Waals surface area contributed by atoms with E-state index < -0.39 is 0 Å². The molecule has 4 rings (SSSR count). The van der Waals surface area contributed by atoms with Crippen molar-refractivity contribution >= 4 is 12.0 Å². The average Bonchev–Trinajstić information content (AvgIpc) is 3.57. The van der Waals surface area contributed by atoms with Gasteiger partial charge in [-0.15, -0.1) is 0 Å². The molecule has 1 saturated carbocycles. The van der Waals surface area contributed by atoms with Gasteiger partial charge in [0.1, 0.15) is 5.82 Å². The third-order valence-electron chi connectivity index (χ3n) is 8.45. The first-order chi connectivity index (χ1) is 19.7. The molecule has 3 atom stereocenters. The number of carbonyl (C=O) groups is 1. The number of methoxy groups -OCH3 is 2. The standard InChI is InChI=1S/C34H48FN3O3/c1-23(2)36-29-13-10-26(18-29)21-37-15-7-8-30(37)22-38(20-25(4)16-27-11-9-24(3)17-31(27)35)34(39)28-12-14-32(40-5)33(19-28)41-6/h9,11-12,14,16-17,19,23,26,29-30,36H,7-8,10,13,15,18,20-22H2,1-6H3/b25-16+/t26?,29?,30-/m0/s1. The molecule has 1 aliphatic heterocycles. The largest absolute Gasteiger partial charge is 0.493 e. The molecule has 1 aliphatic carbocycles. The molecule has 1 saturated heterocycles. The minimum absolute atomic E-state index is 0.0583. The lowest BCUT2D eigenvalue weighted by Crippen LogP contribution is -2.45. The van der Waals surface area contributed by atoms with Crippen molar-refractivity contribution in [1.29, 1.82) is 0 Å². The Bertz CT molecular complexity index is 1210. The molecule has 2 unspecified atom stereocenters. The SMILES string of the molecule is COc1ccc(C(=O)N(C/C(C)=C/c2ccc(C)cc2F)C[C@@H]2CCCN2CC2CCC(NC(C)C)C2)cc1OC. The second-order valence-corrected chi connectivity index (χ2v) is 12.3. The van der Waals surface area contributed by atoms with Gasteiger partial charge in [0, 0.05) is 48.9 Å². The predicted molar refractivity (Wildman–Crippen MR) is 164 cm³/mol. The van der Waals surface area contributed by atoms with E-state index in [9.17, 15) is 9.18 Å². The fourth-order valence-electron chi connectivity index (χ4n) is 6.52. The second kappa shape index (κ2) is 14.3. The summed E-state index contributed by atoms with van der Waals surface area (Å²) in [7, 11) is 3.16. The van der Waals surface area contributed by atoms with Crippen LogP contribution in [0.25, 0.3) is 6.08 Å². The van der Waals surface area contributed by atoms with E-state index in [4.69, 9.17) is 9.47 Å². The number of carbonyl (C=O) groups excluding carboxylic acids is 1. The van der Waals surface area contributed by atoms with E-state index in [-0.39, 0.29) is 11.7 Å². The first kappa shape index (κ1) is 31.0. The zero-order valence-electron chi connectivity index (χ0n) is 25.7. The van der Waals surface area contributed by atoms with E-state index in [0.717, 1.165) is 37.1 Å². The number of amides is 1. The zero-order valence-corrected chi connectivity index (χ0v) is 25.7. The molecule has 0 radical (unpaired) electrons. The van der Waals surface area contributed by atoms with Gasteiger partial charge in [0.15, 0.2) is 11.5 Å². The topological polar surface area (TPSA) is 54.0 Å². The number of halogens is 1. The highest BCUT2D eigenvalue weighted by Gasteiger charge is 2.33. The van der Waals surface area contributed by atoms with Gasteiger partial charge >= 0.3 is 0 Å². The smallest absolute Gasteiger partial charge is 0.254 e. The third kappa shape index (κ3) is 8.32. The van der Waals surface area contributed by atoms with Crippen molar-refractivity contribution in [3.8, 4) is 11.5 Å². The summed E-state index contributed by atoms with van der Waals surface area (Å²) in [5.41, 5.74) is 2.92. The van der Waals surface area contributed by atoms with Gasteiger partial charge in [-0.05, 0) is 88.2 Å². The van der Waals surface area contributed by atoms with Crippen LogP contribution in [-0.4, -0.2) is 74.2 Å². The molecular formula is C34H48FN3O3. The fourth-order valence-corrected chi connectivity index (χ4v) is 6.52. The molecule has 2 fully saturated rings. The van der Waals surface area contributed by atoms with Crippen LogP contribution in [0.5, 0.6) is 11.5 Å². The summed E-state index contributed by atoms with van der Waals surface area (Å²) in [6.07, 6.45) is 7.80. The normalized spacial score (nSPS) is 21.5. The maximum atomic E-state index is 14.6. The van der Waals surface area contributed by atoms with Crippen LogP contribution in [0.2, 0.25) is 0 Å². The number of aryl methyl sites for hydroxylation is 1. The molecule has 0 bridgehead atoms. The minimum Gasteiger partial charge on any atom is -0.493 e. The highest BCUT2D eigenvalue weighted by Crippen LogP contribution is 2.31. The molecule has 1 heterocycles. The Morgan fingerprint density at radius 2 is 1.90 bits per heavy atom. The Hall–Kier alpha value is -2.90. The number of rotatable bonds is 12. The summed E-state index contributed by atoms with van der Waals surface area (Å²) < 4.78 is 25.5. The third-order valence-corrected chi connectivity index (χ3v) is 8.45. The van der Waals surface area contributed by atoms with Crippen molar-refractivity contribution in [3.05, 3.63) is 64.5 Å². The molecule has 1 amide bonds. The molecule has 7 heteroatoms. The molecule has 1 N–H and O–H groups in total. The fraction of sp³-hybridized carbons (Fsp3) is 0.559. The maximum Gasteiger partial charge on any atom is 0.254 e. The lowest BCUT2D eigenvalue weighted by atomic mass is 10.1. The summed E-state index contributed by atoms with van der Waals surface area (Å²) in [6.45, 7) is 11.5. The monoisotopic (exact) mass is 565 g/mol. The highest BCUT2D eigenvalue weighted by molar-refractivity contribution is 5.95. The molecule has 2 aromatic carbocycles. The number of hydrogen-bond donors (Lipinski definition) is 1. The Labute approximate surface area is 245 Å². The van der Waals surface area contributed by atoms with Crippen molar-refractivity contribution < 1.29 is 18.7 Å². The molecule has 2 aromatic rings. The Morgan fingerprint density at radius 3 is 2.61 bits per heavy atom. The zero-order chi connectivity index (χ0) is 29.5. The Morgan fingerprint density at radius 1 is 1.12 bits per heavy atom. The predicted octanol–water partition coefficient (Wildman–Crippen LogP) is 6.33. The molecular weight excluding hydrogens is 517 g/mol. The van der Waals surface area contributed by atoms with Crippen LogP contribution in [0.3, 0.4) is 0 Å². The number of ether oxygens (including phenoxy) is 2. The van der Waals surface area contributed by atoms with E-state index in [1.807, 2.05) is 30.9 Å². The van der Waals surface area contributed by atoms with E-state index in [2.05, 4.69) is 24.1 Å². The summed E-state index contributed by atoms with van der Waals surface area (Å²) in [5, 5.41) is 3.72. The van der Waals surface area contributed by atoms with Crippen molar-refractivity contribution in [2.45, 2.75) is 77.9 Å². The van der Waals surface area contributed by atoms with Gasteiger partial charge in [0.2, 0.25) is 0 Å². The summed E-state index contributed by atoms with van der Waals surface area (Å²) >= 11 is 0. The van der Waals surface area contributed by atoms with E-state index in [1.54, 1.807) is 44.6 Å². The van der Waals surface area contributed by atoms with Crippen molar-refractivity contribution in [3.63, 3.8) is 0 Å². The van der Waals surface area contributed by atoms with Crippen molar-refractivity contribution in [2.75, 3.05) is 40.4 Å². The van der Waals surface area contributed by atoms with Gasteiger partial charge < -0.3 is 19.7 Å². The first-order valence-electron chi connectivity index (χ1n) is 15.1. The number of nitrogens with one attached hydrogen (secondary N) is 1. The number of hydrogen-bond acceptors (Lipinski definition) is 5. The van der Waals surface area contributed by atoms with E-state index in [0.29, 0.717) is 59.8 Å². The molecule has 6 nitrogen and oxygen atoms in total. The Balaban J connectivity index is 1.53. The first-order valence-corrected chi connectivity index (χ1v) is 15.1. The summed E-state index contributed by atoms with van der Waals surface area (Å²) in [5.74, 6) is 1.50. The molecule has 41 heavy (non-hydrogen) atoms. The van der Waals surface area contributed by atoms with Crippen LogP contribution in [-0.2, 0) is 0 Å². The molecule has 224 valence electrons. The lowest BCUT2D eigenvalue weighted by molar-refractivity contribution is 0.0714. The van der Waals surface area contributed by atoms with Crippen LogP contribution in [0.1, 0.15) is 74.4 Å². The van der Waals surface area contributed by atoms with Gasteiger partial charge in [-0.2, -0.15) is 0 Å².